The summed E-state index contributed by atoms with van der Waals surface area (Å²) >= 11 is 0.435. The summed E-state index contributed by atoms with van der Waals surface area (Å²) in [6, 6.07) is 6.13. The molecule has 1 saturated heterocycles. The molecule has 3 nitrogen and oxygen atoms in total. The first-order valence-electron chi connectivity index (χ1n) is 4.85. The number of thioether (sulfide) groups is 1. The maximum Gasteiger partial charge on any atom is 0.321 e. The van der Waals surface area contributed by atoms with Crippen LogP contribution in [0.15, 0.2) is 29.2 Å². The molecule has 0 N–H and O–H groups in total. The number of halogens is 2. The van der Waals surface area contributed by atoms with Gasteiger partial charge >= 0.3 is 11.9 Å². The van der Waals surface area contributed by atoms with E-state index in [9.17, 15) is 18.4 Å². The minimum Gasteiger partial charge on any atom is -0.393 e. The van der Waals surface area contributed by atoms with E-state index in [0.29, 0.717) is 22.2 Å². The summed E-state index contributed by atoms with van der Waals surface area (Å²) in [5.41, 5.74) is 0.611. The lowest BCUT2D eigenvalue weighted by molar-refractivity contribution is -0.152. The molecule has 0 aliphatic carbocycles. The van der Waals surface area contributed by atoms with E-state index in [1.54, 1.807) is 12.1 Å². The van der Waals surface area contributed by atoms with Gasteiger partial charge < -0.3 is 4.74 Å². The van der Waals surface area contributed by atoms with Gasteiger partial charge in [0, 0.05) is 4.90 Å². The van der Waals surface area contributed by atoms with Crippen LogP contribution in [0.4, 0.5) is 8.78 Å². The van der Waals surface area contributed by atoms with E-state index in [1.165, 1.54) is 12.1 Å². The molecule has 6 heteroatoms. The predicted octanol–water partition coefficient (Wildman–Crippen LogP) is 2.56. The van der Waals surface area contributed by atoms with Gasteiger partial charge in [0.25, 0.3) is 5.76 Å². The summed E-state index contributed by atoms with van der Waals surface area (Å²) in [7, 11) is 0. The normalized spacial score (nSPS) is 19.8. The molecule has 1 aromatic carbocycles. The maximum absolute atomic E-state index is 12.1. The Morgan fingerprint density at radius 2 is 1.88 bits per heavy atom. The number of esters is 2. The monoisotopic (exact) mass is 258 g/mol. The van der Waals surface area contributed by atoms with Gasteiger partial charge in [-0.15, -0.1) is 0 Å². The van der Waals surface area contributed by atoms with Crippen molar-refractivity contribution in [2.45, 2.75) is 23.0 Å². The van der Waals surface area contributed by atoms with Gasteiger partial charge in [-0.1, -0.05) is 23.9 Å². The molecule has 0 amide bonds. The molecule has 1 aliphatic rings. The van der Waals surface area contributed by atoms with E-state index in [4.69, 9.17) is 0 Å². The van der Waals surface area contributed by atoms with E-state index < -0.39 is 23.6 Å². The Morgan fingerprint density at radius 1 is 1.24 bits per heavy atom. The van der Waals surface area contributed by atoms with E-state index in [0.717, 1.165) is 0 Å². The van der Waals surface area contributed by atoms with E-state index >= 15 is 0 Å². The Labute approximate surface area is 100 Å². The van der Waals surface area contributed by atoms with Crippen LogP contribution >= 0.6 is 11.8 Å². The van der Waals surface area contributed by atoms with Crippen LogP contribution in [0.1, 0.15) is 17.9 Å². The maximum atomic E-state index is 12.1. The van der Waals surface area contributed by atoms with Gasteiger partial charge in [0.05, 0.1) is 12.3 Å². The molecule has 90 valence electrons. The lowest BCUT2D eigenvalue weighted by atomic mass is 9.98. The second-order valence-electron chi connectivity index (χ2n) is 3.50. The predicted molar refractivity (Wildman–Crippen MR) is 56.8 cm³/mol. The number of hydrogen-bond donors (Lipinski definition) is 0. The van der Waals surface area contributed by atoms with Crippen molar-refractivity contribution < 1.29 is 23.1 Å². The summed E-state index contributed by atoms with van der Waals surface area (Å²) in [6.07, 6.45) is 0.0141. The van der Waals surface area contributed by atoms with Crippen LogP contribution in [0.2, 0.25) is 0 Å². The average molecular weight is 258 g/mol. The van der Waals surface area contributed by atoms with Crippen molar-refractivity contribution in [1.82, 2.24) is 0 Å². The number of carbonyl (C=O) groups excluding carboxylic acids is 2. The van der Waals surface area contributed by atoms with Crippen LogP contribution < -0.4 is 0 Å². The summed E-state index contributed by atoms with van der Waals surface area (Å²) < 4.78 is 28.6. The highest BCUT2D eigenvalue weighted by Gasteiger charge is 2.34. The van der Waals surface area contributed by atoms with Crippen molar-refractivity contribution >= 4 is 23.7 Å². The minimum atomic E-state index is -2.47. The average Bonchev–Trinajstić information content (AvgIpc) is 2.58. The first-order chi connectivity index (χ1) is 8.06. The second kappa shape index (κ2) is 4.83. The standard InChI is InChI=1S/C11H8F2O3S/c12-11(13)17-7-3-1-6(2-4-7)8-5-9(14)16-10(8)15/h1-4,8,11H,5H2. The van der Waals surface area contributed by atoms with E-state index in [1.807, 2.05) is 0 Å². The van der Waals surface area contributed by atoms with Crippen LogP contribution in [0.25, 0.3) is 0 Å². The fraction of sp³-hybridized carbons (Fsp3) is 0.273. The first kappa shape index (κ1) is 12.0. The van der Waals surface area contributed by atoms with Gasteiger partial charge in [-0.25, -0.2) is 0 Å². The third-order valence-corrected chi connectivity index (χ3v) is 3.10. The zero-order valence-electron chi connectivity index (χ0n) is 8.56. The highest BCUT2D eigenvalue weighted by Crippen LogP contribution is 2.30. The van der Waals surface area contributed by atoms with Crippen LogP contribution in [0, 0.1) is 0 Å². The Bertz CT molecular complexity index is 445. The molecule has 17 heavy (non-hydrogen) atoms. The van der Waals surface area contributed by atoms with Gasteiger partial charge in [-0.2, -0.15) is 8.78 Å². The van der Waals surface area contributed by atoms with Crippen molar-refractivity contribution in [2.24, 2.45) is 0 Å². The van der Waals surface area contributed by atoms with E-state index in [2.05, 4.69) is 4.74 Å². The van der Waals surface area contributed by atoms with Gasteiger partial charge in [-0.3, -0.25) is 9.59 Å². The Hall–Kier alpha value is -1.43. The molecular formula is C11H8F2O3S. The molecule has 0 bridgehead atoms. The molecule has 2 rings (SSSR count). The van der Waals surface area contributed by atoms with Crippen LogP contribution in [-0.2, 0) is 14.3 Å². The number of cyclic esters (lactones) is 2. The molecule has 0 aromatic heterocycles. The van der Waals surface area contributed by atoms with Crippen molar-refractivity contribution in [3.05, 3.63) is 29.8 Å². The third kappa shape index (κ3) is 2.82. The number of hydrogen-bond acceptors (Lipinski definition) is 4. The van der Waals surface area contributed by atoms with E-state index in [-0.39, 0.29) is 6.42 Å². The molecule has 0 saturated carbocycles. The summed E-state index contributed by atoms with van der Waals surface area (Å²) in [6.45, 7) is 0. The molecule has 1 unspecified atom stereocenters. The number of alkyl halides is 2. The van der Waals surface area contributed by atoms with Gasteiger partial charge in [0.2, 0.25) is 0 Å². The lowest BCUT2D eigenvalue weighted by Gasteiger charge is -2.06. The van der Waals surface area contributed by atoms with Crippen LogP contribution in [-0.4, -0.2) is 17.7 Å². The zero-order chi connectivity index (χ0) is 12.4. The Morgan fingerprint density at radius 3 is 2.35 bits per heavy atom. The van der Waals surface area contributed by atoms with Gasteiger partial charge in [-0.05, 0) is 17.7 Å². The summed E-state index contributed by atoms with van der Waals surface area (Å²) in [5.74, 6) is -4.21. The molecule has 1 heterocycles. The van der Waals surface area contributed by atoms with Crippen molar-refractivity contribution in [3.8, 4) is 0 Å². The molecule has 1 fully saturated rings. The quantitative estimate of drug-likeness (QED) is 0.475. The number of benzene rings is 1. The number of rotatable bonds is 3. The van der Waals surface area contributed by atoms with Gasteiger partial charge in [0.15, 0.2) is 0 Å². The largest absolute Gasteiger partial charge is 0.393 e. The fourth-order valence-corrected chi connectivity index (χ4v) is 2.11. The molecular weight excluding hydrogens is 250 g/mol. The van der Waals surface area contributed by atoms with Crippen LogP contribution in [0.3, 0.4) is 0 Å². The lowest BCUT2D eigenvalue weighted by Crippen LogP contribution is -2.05. The summed E-state index contributed by atoms with van der Waals surface area (Å²) in [4.78, 5) is 22.6. The smallest absolute Gasteiger partial charge is 0.321 e. The van der Waals surface area contributed by atoms with Crippen LogP contribution in [0.5, 0.6) is 0 Å². The SMILES string of the molecule is O=C1CC(c2ccc(SC(F)F)cc2)C(=O)O1. The number of carbonyl (C=O) groups is 2. The molecule has 1 aliphatic heterocycles. The minimum absolute atomic E-state index is 0.0141. The topological polar surface area (TPSA) is 43.4 Å². The molecule has 0 radical (unpaired) electrons. The Kier molecular flexibility index (Phi) is 3.42. The number of ether oxygens (including phenoxy) is 1. The molecule has 1 aromatic rings. The second-order valence-corrected chi connectivity index (χ2v) is 4.56. The van der Waals surface area contributed by atoms with Gasteiger partial charge in [0.1, 0.15) is 0 Å². The fourth-order valence-electron chi connectivity index (χ4n) is 1.61. The molecule has 0 spiro atoms. The van der Waals surface area contributed by atoms with Crippen molar-refractivity contribution in [1.29, 1.82) is 0 Å². The van der Waals surface area contributed by atoms with Crippen molar-refractivity contribution in [3.63, 3.8) is 0 Å². The summed E-state index contributed by atoms with van der Waals surface area (Å²) in [5, 5.41) is 0. The van der Waals surface area contributed by atoms with Crippen molar-refractivity contribution in [2.75, 3.05) is 0 Å². The highest BCUT2D eigenvalue weighted by atomic mass is 32.2. The third-order valence-electron chi connectivity index (χ3n) is 2.38. The first-order valence-corrected chi connectivity index (χ1v) is 5.73. The molecule has 1 atom stereocenters. The Balaban J connectivity index is 2.13. The highest BCUT2D eigenvalue weighted by molar-refractivity contribution is 7.99. The zero-order valence-corrected chi connectivity index (χ0v) is 9.38.